The zero-order valence-corrected chi connectivity index (χ0v) is 15.5. The molecule has 0 bridgehead atoms. The van der Waals surface area contributed by atoms with Gasteiger partial charge in [-0.05, 0) is 62.2 Å². The normalized spacial score (nSPS) is 15.3. The van der Waals surface area contributed by atoms with Gasteiger partial charge in [0, 0.05) is 17.8 Å². The van der Waals surface area contributed by atoms with E-state index in [1.54, 1.807) is 7.11 Å². The maximum atomic E-state index is 12.2. The number of nitriles is 1. The van der Waals surface area contributed by atoms with E-state index in [0.29, 0.717) is 5.56 Å². The first-order chi connectivity index (χ1) is 12.6. The Labute approximate surface area is 154 Å². The van der Waals surface area contributed by atoms with E-state index < -0.39 is 0 Å². The second kappa shape index (κ2) is 8.20. The second-order valence-corrected chi connectivity index (χ2v) is 6.90. The van der Waals surface area contributed by atoms with Gasteiger partial charge in [-0.3, -0.25) is 9.69 Å². The van der Waals surface area contributed by atoms with Gasteiger partial charge in [0.25, 0.3) is 5.56 Å². The molecule has 0 aliphatic carbocycles. The molecule has 2 heterocycles. The van der Waals surface area contributed by atoms with Crippen LogP contribution in [-0.2, 0) is 6.54 Å². The molecule has 0 radical (unpaired) electrons. The Morgan fingerprint density at radius 1 is 1.15 bits per heavy atom. The summed E-state index contributed by atoms with van der Waals surface area (Å²) in [5.41, 5.74) is 3.30. The van der Waals surface area contributed by atoms with Gasteiger partial charge in [0.15, 0.2) is 0 Å². The lowest BCUT2D eigenvalue weighted by Crippen LogP contribution is -2.24. The number of aryl methyl sites for hydroxylation is 1. The molecule has 0 spiro atoms. The van der Waals surface area contributed by atoms with Crippen molar-refractivity contribution in [2.45, 2.75) is 39.2 Å². The number of hydrogen-bond donors (Lipinski definition) is 1. The number of pyridine rings is 1. The van der Waals surface area contributed by atoms with Gasteiger partial charge in [-0.2, -0.15) is 5.26 Å². The van der Waals surface area contributed by atoms with E-state index >= 15 is 0 Å². The number of benzene rings is 1. The summed E-state index contributed by atoms with van der Waals surface area (Å²) < 4.78 is 5.41. The van der Waals surface area contributed by atoms with E-state index in [1.807, 2.05) is 31.2 Å². The zero-order valence-electron chi connectivity index (χ0n) is 15.5. The number of ether oxygens (including phenoxy) is 1. The highest BCUT2D eigenvalue weighted by molar-refractivity contribution is 5.74. The van der Waals surface area contributed by atoms with Crippen LogP contribution in [0.5, 0.6) is 5.75 Å². The lowest BCUT2D eigenvalue weighted by Gasteiger charge is -2.22. The maximum absolute atomic E-state index is 12.2. The lowest BCUT2D eigenvalue weighted by atomic mass is 9.95. The fourth-order valence-corrected chi connectivity index (χ4v) is 3.64. The van der Waals surface area contributed by atoms with Crippen molar-refractivity contribution >= 4 is 0 Å². The molecule has 1 aromatic carbocycles. The third-order valence-corrected chi connectivity index (χ3v) is 4.97. The van der Waals surface area contributed by atoms with Crippen molar-refractivity contribution in [3.05, 3.63) is 51.4 Å². The largest absolute Gasteiger partial charge is 0.497 e. The molecule has 0 saturated carbocycles. The predicted octanol–water partition coefficient (Wildman–Crippen LogP) is 3.61. The van der Waals surface area contributed by atoms with E-state index in [4.69, 9.17) is 4.74 Å². The van der Waals surface area contributed by atoms with Crippen molar-refractivity contribution < 1.29 is 4.74 Å². The van der Waals surface area contributed by atoms with Crippen LogP contribution in [0.2, 0.25) is 0 Å². The Morgan fingerprint density at radius 2 is 1.88 bits per heavy atom. The van der Waals surface area contributed by atoms with E-state index in [0.717, 1.165) is 42.2 Å². The summed E-state index contributed by atoms with van der Waals surface area (Å²) in [5, 5.41) is 9.50. The Kier molecular flexibility index (Phi) is 5.75. The van der Waals surface area contributed by atoms with Crippen molar-refractivity contribution in [2.75, 3.05) is 20.2 Å². The van der Waals surface area contributed by atoms with Gasteiger partial charge < -0.3 is 9.72 Å². The molecule has 0 atom stereocenters. The first-order valence-electron chi connectivity index (χ1n) is 9.16. The van der Waals surface area contributed by atoms with E-state index in [1.165, 1.54) is 25.7 Å². The summed E-state index contributed by atoms with van der Waals surface area (Å²) in [6.45, 7) is 4.79. The van der Waals surface area contributed by atoms with Crippen LogP contribution in [0.15, 0.2) is 29.1 Å². The van der Waals surface area contributed by atoms with Crippen LogP contribution < -0.4 is 10.3 Å². The summed E-state index contributed by atoms with van der Waals surface area (Å²) in [7, 11) is 1.66. The van der Waals surface area contributed by atoms with E-state index in [2.05, 4.69) is 16.0 Å². The minimum atomic E-state index is -0.334. The zero-order chi connectivity index (χ0) is 18.5. The average Bonchev–Trinajstić information content (AvgIpc) is 2.90. The van der Waals surface area contributed by atoms with Gasteiger partial charge in [-0.25, -0.2) is 0 Å². The third kappa shape index (κ3) is 3.97. The Morgan fingerprint density at radius 3 is 2.54 bits per heavy atom. The maximum Gasteiger partial charge on any atom is 0.266 e. The minimum Gasteiger partial charge on any atom is -0.497 e. The fraction of sp³-hybridized carbons (Fsp3) is 0.429. The highest BCUT2D eigenvalue weighted by Crippen LogP contribution is 2.30. The molecule has 5 heteroatoms. The number of aromatic nitrogens is 1. The molecule has 0 unspecified atom stereocenters. The van der Waals surface area contributed by atoms with Gasteiger partial charge >= 0.3 is 0 Å². The van der Waals surface area contributed by atoms with Crippen LogP contribution in [0.4, 0.5) is 0 Å². The number of likely N-dealkylation sites (tertiary alicyclic amines) is 1. The molecule has 1 aliphatic rings. The molecule has 2 aromatic rings. The number of methoxy groups -OCH3 is 1. The molecule has 1 fully saturated rings. The molecule has 1 saturated heterocycles. The molecule has 1 aromatic heterocycles. The summed E-state index contributed by atoms with van der Waals surface area (Å²) in [6.07, 6.45) is 5.00. The summed E-state index contributed by atoms with van der Waals surface area (Å²) >= 11 is 0. The molecular weight excluding hydrogens is 326 g/mol. The number of nitrogens with one attached hydrogen (secondary N) is 1. The van der Waals surface area contributed by atoms with Gasteiger partial charge in [0.1, 0.15) is 17.4 Å². The molecule has 3 rings (SSSR count). The minimum absolute atomic E-state index is 0.165. The van der Waals surface area contributed by atoms with E-state index in [-0.39, 0.29) is 11.1 Å². The van der Waals surface area contributed by atoms with Crippen molar-refractivity contribution in [3.8, 4) is 22.9 Å². The van der Waals surface area contributed by atoms with Crippen LogP contribution >= 0.6 is 0 Å². The second-order valence-electron chi connectivity index (χ2n) is 6.90. The quantitative estimate of drug-likeness (QED) is 0.914. The lowest BCUT2D eigenvalue weighted by molar-refractivity contribution is 0.277. The van der Waals surface area contributed by atoms with Gasteiger partial charge in [-0.1, -0.05) is 18.9 Å². The topological polar surface area (TPSA) is 69.1 Å². The average molecular weight is 351 g/mol. The highest BCUT2D eigenvalue weighted by atomic mass is 16.5. The first-order valence-corrected chi connectivity index (χ1v) is 9.16. The summed E-state index contributed by atoms with van der Waals surface area (Å²) in [6, 6.07) is 9.83. The van der Waals surface area contributed by atoms with Crippen molar-refractivity contribution in [1.29, 1.82) is 5.26 Å². The summed E-state index contributed by atoms with van der Waals surface area (Å²) in [4.78, 5) is 17.4. The van der Waals surface area contributed by atoms with Crippen LogP contribution in [-0.4, -0.2) is 30.1 Å². The number of rotatable bonds is 4. The monoisotopic (exact) mass is 351 g/mol. The van der Waals surface area contributed by atoms with Crippen molar-refractivity contribution in [2.24, 2.45) is 0 Å². The molecule has 1 N–H and O–H groups in total. The SMILES string of the molecule is COc1ccc(-c2cc(C)[nH]c(=O)c2C#N)c(CN2CCCCCC2)c1. The van der Waals surface area contributed by atoms with E-state index in [9.17, 15) is 10.1 Å². The predicted molar refractivity (Wildman–Crippen MR) is 102 cm³/mol. The Balaban J connectivity index is 2.07. The number of aromatic amines is 1. The Hall–Kier alpha value is -2.58. The number of H-pyrrole nitrogens is 1. The standard InChI is InChI=1S/C21H25N3O2/c1-15-11-19(20(13-22)21(25)23-15)18-8-7-17(26-2)12-16(18)14-24-9-5-3-4-6-10-24/h7-8,11-12H,3-6,9-10,14H2,1-2H3,(H,23,25). The third-order valence-electron chi connectivity index (χ3n) is 4.97. The summed E-state index contributed by atoms with van der Waals surface area (Å²) in [5.74, 6) is 0.790. The molecule has 1 aliphatic heterocycles. The van der Waals surface area contributed by atoms with Crippen LogP contribution in [0.25, 0.3) is 11.1 Å². The first kappa shape index (κ1) is 18.2. The molecule has 5 nitrogen and oxygen atoms in total. The van der Waals surface area contributed by atoms with Gasteiger partial charge in [0.05, 0.1) is 7.11 Å². The fourth-order valence-electron chi connectivity index (χ4n) is 3.64. The molecular formula is C21H25N3O2. The molecule has 0 amide bonds. The van der Waals surface area contributed by atoms with Crippen LogP contribution in [0.1, 0.15) is 42.5 Å². The van der Waals surface area contributed by atoms with Crippen LogP contribution in [0, 0.1) is 18.3 Å². The highest BCUT2D eigenvalue weighted by Gasteiger charge is 2.17. The van der Waals surface area contributed by atoms with Crippen molar-refractivity contribution in [3.63, 3.8) is 0 Å². The van der Waals surface area contributed by atoms with Gasteiger partial charge in [0.2, 0.25) is 0 Å². The molecule has 26 heavy (non-hydrogen) atoms. The smallest absolute Gasteiger partial charge is 0.266 e. The van der Waals surface area contributed by atoms with Crippen LogP contribution in [0.3, 0.4) is 0 Å². The number of nitrogens with zero attached hydrogens (tertiary/aromatic N) is 2. The van der Waals surface area contributed by atoms with Gasteiger partial charge in [-0.15, -0.1) is 0 Å². The Bertz CT molecular complexity index is 872. The molecule has 136 valence electrons. The van der Waals surface area contributed by atoms with Crippen molar-refractivity contribution in [1.82, 2.24) is 9.88 Å². The number of hydrogen-bond acceptors (Lipinski definition) is 4.